The number of hydrogen-bond donors (Lipinski definition) is 1. The van der Waals surface area contributed by atoms with Gasteiger partial charge < -0.3 is 9.73 Å². The van der Waals surface area contributed by atoms with Crippen molar-refractivity contribution in [3.05, 3.63) is 65.4 Å². The van der Waals surface area contributed by atoms with E-state index < -0.39 is 0 Å². The molecular formula is C19H19NO2. The Kier molecular flexibility index (Phi) is 3.96. The Balaban J connectivity index is 1.78. The van der Waals surface area contributed by atoms with Gasteiger partial charge in [-0.3, -0.25) is 4.79 Å². The number of benzene rings is 2. The predicted octanol–water partition coefficient (Wildman–Crippen LogP) is 4.48. The Morgan fingerprint density at radius 3 is 2.77 bits per heavy atom. The first kappa shape index (κ1) is 14.4. The Bertz CT molecular complexity index is 817. The van der Waals surface area contributed by atoms with Gasteiger partial charge in [-0.05, 0) is 36.6 Å². The highest BCUT2D eigenvalue weighted by Gasteiger charge is 2.11. The second kappa shape index (κ2) is 6.06. The average Bonchev–Trinajstić information content (AvgIpc) is 2.89. The van der Waals surface area contributed by atoms with Crippen LogP contribution in [0.1, 0.15) is 23.6 Å². The van der Waals surface area contributed by atoms with E-state index in [0.717, 1.165) is 39.8 Å². The Labute approximate surface area is 130 Å². The van der Waals surface area contributed by atoms with E-state index in [9.17, 15) is 4.79 Å². The SMILES string of the molecule is CCc1ccccc1NC(=O)Cc1coc2cc(C)ccc12. The molecule has 0 unspecified atom stereocenters. The molecule has 0 radical (unpaired) electrons. The summed E-state index contributed by atoms with van der Waals surface area (Å²) in [5.41, 5.74) is 4.93. The topological polar surface area (TPSA) is 42.2 Å². The summed E-state index contributed by atoms with van der Waals surface area (Å²) in [5, 5.41) is 4.00. The van der Waals surface area contributed by atoms with Crippen molar-refractivity contribution in [3.8, 4) is 0 Å². The van der Waals surface area contributed by atoms with Gasteiger partial charge in [-0.2, -0.15) is 0 Å². The molecule has 112 valence electrons. The summed E-state index contributed by atoms with van der Waals surface area (Å²) < 4.78 is 5.55. The number of hydrogen-bond acceptors (Lipinski definition) is 2. The highest BCUT2D eigenvalue weighted by molar-refractivity contribution is 5.95. The van der Waals surface area contributed by atoms with Crippen LogP contribution in [-0.2, 0) is 17.6 Å². The zero-order valence-corrected chi connectivity index (χ0v) is 12.8. The zero-order chi connectivity index (χ0) is 15.5. The Morgan fingerprint density at radius 2 is 1.95 bits per heavy atom. The summed E-state index contributed by atoms with van der Waals surface area (Å²) in [6.07, 6.45) is 2.88. The fourth-order valence-electron chi connectivity index (χ4n) is 2.65. The molecule has 0 atom stereocenters. The standard InChI is InChI=1S/C19H19NO2/c1-3-14-6-4-5-7-17(14)20-19(21)11-15-12-22-18-10-13(2)8-9-16(15)18/h4-10,12H,3,11H2,1-2H3,(H,20,21). The molecule has 0 fully saturated rings. The maximum Gasteiger partial charge on any atom is 0.228 e. The third-order valence-electron chi connectivity index (χ3n) is 3.83. The number of rotatable bonds is 4. The fourth-order valence-corrected chi connectivity index (χ4v) is 2.65. The van der Waals surface area contributed by atoms with Crippen LogP contribution in [0.25, 0.3) is 11.0 Å². The van der Waals surface area contributed by atoms with Crippen LogP contribution in [0.4, 0.5) is 5.69 Å². The molecule has 0 bridgehead atoms. The summed E-state index contributed by atoms with van der Waals surface area (Å²) >= 11 is 0. The lowest BCUT2D eigenvalue weighted by Gasteiger charge is -2.09. The molecular weight excluding hydrogens is 274 g/mol. The summed E-state index contributed by atoms with van der Waals surface area (Å²) in [6, 6.07) is 13.9. The largest absolute Gasteiger partial charge is 0.464 e. The molecule has 0 saturated heterocycles. The molecule has 1 aromatic heterocycles. The second-order valence-electron chi connectivity index (χ2n) is 5.50. The minimum Gasteiger partial charge on any atom is -0.464 e. The normalized spacial score (nSPS) is 10.8. The highest BCUT2D eigenvalue weighted by atomic mass is 16.3. The van der Waals surface area contributed by atoms with Crippen LogP contribution in [0, 0.1) is 6.92 Å². The summed E-state index contributed by atoms with van der Waals surface area (Å²) in [7, 11) is 0. The van der Waals surface area contributed by atoms with E-state index in [4.69, 9.17) is 4.42 Å². The predicted molar refractivity (Wildman–Crippen MR) is 89.1 cm³/mol. The first-order valence-electron chi connectivity index (χ1n) is 7.52. The number of anilines is 1. The van der Waals surface area contributed by atoms with Gasteiger partial charge in [0.2, 0.25) is 5.91 Å². The summed E-state index contributed by atoms with van der Waals surface area (Å²) in [6.45, 7) is 4.10. The molecule has 22 heavy (non-hydrogen) atoms. The minimum absolute atomic E-state index is 0.0239. The van der Waals surface area contributed by atoms with Gasteiger partial charge in [-0.1, -0.05) is 37.3 Å². The molecule has 0 saturated carbocycles. The third kappa shape index (κ3) is 2.89. The number of furan rings is 1. The smallest absolute Gasteiger partial charge is 0.228 e. The molecule has 0 spiro atoms. The van der Waals surface area contributed by atoms with E-state index in [0.29, 0.717) is 6.42 Å². The molecule has 0 aliphatic carbocycles. The molecule has 3 rings (SSSR count). The number of para-hydroxylation sites is 1. The van der Waals surface area contributed by atoms with Crippen LogP contribution >= 0.6 is 0 Å². The van der Waals surface area contributed by atoms with Crippen LogP contribution in [0.15, 0.2) is 53.1 Å². The van der Waals surface area contributed by atoms with Gasteiger partial charge in [-0.15, -0.1) is 0 Å². The average molecular weight is 293 g/mol. The molecule has 1 heterocycles. The number of fused-ring (bicyclic) bond motifs is 1. The molecule has 2 aromatic carbocycles. The second-order valence-corrected chi connectivity index (χ2v) is 5.50. The third-order valence-corrected chi connectivity index (χ3v) is 3.83. The van der Waals surface area contributed by atoms with Crippen LogP contribution < -0.4 is 5.32 Å². The Morgan fingerprint density at radius 1 is 1.14 bits per heavy atom. The molecule has 3 heteroatoms. The van der Waals surface area contributed by atoms with Gasteiger partial charge in [0.1, 0.15) is 5.58 Å². The maximum atomic E-state index is 12.3. The van der Waals surface area contributed by atoms with Crippen molar-refractivity contribution < 1.29 is 9.21 Å². The first-order valence-corrected chi connectivity index (χ1v) is 7.52. The van der Waals surface area contributed by atoms with Gasteiger partial charge in [-0.25, -0.2) is 0 Å². The quantitative estimate of drug-likeness (QED) is 0.770. The van der Waals surface area contributed by atoms with E-state index in [2.05, 4.69) is 12.2 Å². The Hall–Kier alpha value is -2.55. The van der Waals surface area contributed by atoms with E-state index in [-0.39, 0.29) is 5.91 Å². The lowest BCUT2D eigenvalue weighted by molar-refractivity contribution is -0.115. The van der Waals surface area contributed by atoms with Crippen molar-refractivity contribution in [2.24, 2.45) is 0 Å². The van der Waals surface area contributed by atoms with Gasteiger partial charge >= 0.3 is 0 Å². The van der Waals surface area contributed by atoms with E-state index in [1.54, 1.807) is 6.26 Å². The van der Waals surface area contributed by atoms with E-state index in [1.165, 1.54) is 0 Å². The van der Waals surface area contributed by atoms with Crippen LogP contribution in [0.5, 0.6) is 0 Å². The van der Waals surface area contributed by atoms with Crippen molar-refractivity contribution >= 4 is 22.6 Å². The number of carbonyl (C=O) groups excluding carboxylic acids is 1. The van der Waals surface area contributed by atoms with Crippen molar-refractivity contribution in [2.75, 3.05) is 5.32 Å². The first-order chi connectivity index (χ1) is 10.7. The lowest BCUT2D eigenvalue weighted by Crippen LogP contribution is -2.15. The molecule has 0 aliphatic heterocycles. The highest BCUT2D eigenvalue weighted by Crippen LogP contribution is 2.23. The lowest BCUT2D eigenvalue weighted by atomic mass is 10.1. The van der Waals surface area contributed by atoms with E-state index in [1.807, 2.05) is 49.4 Å². The van der Waals surface area contributed by atoms with Gasteiger partial charge in [0.15, 0.2) is 0 Å². The van der Waals surface area contributed by atoms with Gasteiger partial charge in [0, 0.05) is 16.6 Å². The van der Waals surface area contributed by atoms with Gasteiger partial charge in [0.05, 0.1) is 12.7 Å². The fraction of sp³-hybridized carbons (Fsp3) is 0.211. The maximum absolute atomic E-state index is 12.3. The number of amides is 1. The molecule has 3 nitrogen and oxygen atoms in total. The molecule has 1 N–H and O–H groups in total. The monoisotopic (exact) mass is 293 g/mol. The van der Waals surface area contributed by atoms with Crippen molar-refractivity contribution in [3.63, 3.8) is 0 Å². The van der Waals surface area contributed by atoms with Crippen LogP contribution in [-0.4, -0.2) is 5.91 Å². The number of nitrogens with one attached hydrogen (secondary N) is 1. The van der Waals surface area contributed by atoms with Gasteiger partial charge in [0.25, 0.3) is 0 Å². The number of aryl methyl sites for hydroxylation is 2. The number of carbonyl (C=O) groups is 1. The minimum atomic E-state index is -0.0239. The molecule has 3 aromatic rings. The van der Waals surface area contributed by atoms with Crippen LogP contribution in [0.2, 0.25) is 0 Å². The van der Waals surface area contributed by atoms with Crippen molar-refractivity contribution in [1.29, 1.82) is 0 Å². The van der Waals surface area contributed by atoms with Crippen LogP contribution in [0.3, 0.4) is 0 Å². The summed E-state index contributed by atoms with van der Waals surface area (Å²) in [5.74, 6) is -0.0239. The summed E-state index contributed by atoms with van der Waals surface area (Å²) in [4.78, 5) is 12.3. The molecule has 0 aliphatic rings. The molecule has 1 amide bonds. The zero-order valence-electron chi connectivity index (χ0n) is 12.8. The van der Waals surface area contributed by atoms with Crippen molar-refractivity contribution in [1.82, 2.24) is 0 Å². The van der Waals surface area contributed by atoms with Crippen molar-refractivity contribution in [2.45, 2.75) is 26.7 Å². The van der Waals surface area contributed by atoms with E-state index >= 15 is 0 Å².